The number of nitrogens with zero attached hydrogens (tertiary/aromatic N) is 1. The van der Waals surface area contributed by atoms with E-state index in [0.717, 1.165) is 19.6 Å². The van der Waals surface area contributed by atoms with Crippen molar-refractivity contribution in [2.24, 2.45) is 5.73 Å². The van der Waals surface area contributed by atoms with Gasteiger partial charge in [-0.15, -0.1) is 11.3 Å². The number of hydrogen-bond acceptors (Lipinski definition) is 4. The van der Waals surface area contributed by atoms with Crippen molar-refractivity contribution in [1.29, 1.82) is 0 Å². The molecular formula is C16H22N2OS. The van der Waals surface area contributed by atoms with Gasteiger partial charge in [0.15, 0.2) is 0 Å². The van der Waals surface area contributed by atoms with E-state index >= 15 is 0 Å². The summed E-state index contributed by atoms with van der Waals surface area (Å²) in [7, 11) is 2.20. The molecule has 2 aromatic rings. The molecule has 1 saturated heterocycles. The molecular weight excluding hydrogens is 268 g/mol. The first kappa shape index (κ1) is 14.0. The second-order valence-electron chi connectivity index (χ2n) is 5.55. The summed E-state index contributed by atoms with van der Waals surface area (Å²) in [6.07, 6.45) is 1.45. The van der Waals surface area contributed by atoms with Crippen LogP contribution in [-0.2, 0) is 17.8 Å². The van der Waals surface area contributed by atoms with Crippen LogP contribution in [0.3, 0.4) is 0 Å². The minimum absolute atomic E-state index is 0.325. The lowest BCUT2D eigenvalue weighted by molar-refractivity contribution is 0.0815. The molecule has 2 atom stereocenters. The molecule has 1 fully saturated rings. The molecule has 0 saturated carbocycles. The maximum absolute atomic E-state index is 5.94. The predicted octanol–water partition coefficient (Wildman–Crippen LogP) is 2.97. The molecule has 4 heteroatoms. The normalized spacial score (nSPS) is 23.0. The van der Waals surface area contributed by atoms with E-state index in [-0.39, 0.29) is 0 Å². The maximum atomic E-state index is 5.94. The van der Waals surface area contributed by atoms with Crippen LogP contribution in [0.4, 0.5) is 0 Å². The highest BCUT2D eigenvalue weighted by atomic mass is 32.1. The summed E-state index contributed by atoms with van der Waals surface area (Å²) in [6, 6.07) is 9.12. The van der Waals surface area contributed by atoms with Crippen molar-refractivity contribution in [2.75, 3.05) is 13.7 Å². The van der Waals surface area contributed by atoms with Crippen LogP contribution in [0.15, 0.2) is 24.3 Å². The van der Waals surface area contributed by atoms with Crippen LogP contribution in [0, 0.1) is 0 Å². The fourth-order valence-electron chi connectivity index (χ4n) is 3.15. The largest absolute Gasteiger partial charge is 0.377 e. The van der Waals surface area contributed by atoms with Gasteiger partial charge >= 0.3 is 0 Å². The summed E-state index contributed by atoms with van der Waals surface area (Å²) >= 11 is 1.83. The minimum Gasteiger partial charge on any atom is -0.377 e. The van der Waals surface area contributed by atoms with Gasteiger partial charge in [0.2, 0.25) is 0 Å². The number of hydrogen-bond donors (Lipinski definition) is 1. The van der Waals surface area contributed by atoms with Crippen LogP contribution in [0.2, 0.25) is 0 Å². The topological polar surface area (TPSA) is 38.5 Å². The highest BCUT2D eigenvalue weighted by Gasteiger charge is 2.28. The highest BCUT2D eigenvalue weighted by Crippen LogP contribution is 2.32. The second-order valence-corrected chi connectivity index (χ2v) is 6.69. The van der Waals surface area contributed by atoms with E-state index in [2.05, 4.69) is 43.1 Å². The number of fused-ring (bicyclic) bond motifs is 1. The molecule has 20 heavy (non-hydrogen) atoms. The zero-order chi connectivity index (χ0) is 14.1. The Bertz CT molecular complexity index is 595. The lowest BCUT2D eigenvalue weighted by Crippen LogP contribution is -2.36. The van der Waals surface area contributed by atoms with Crippen LogP contribution in [-0.4, -0.2) is 30.7 Å². The fourth-order valence-corrected chi connectivity index (χ4v) is 4.25. The number of nitrogens with two attached hydrogens (primary N) is 1. The number of benzene rings is 1. The van der Waals surface area contributed by atoms with Crippen LogP contribution < -0.4 is 5.73 Å². The summed E-state index contributed by atoms with van der Waals surface area (Å²) < 4.78 is 7.03. The molecule has 2 heterocycles. The van der Waals surface area contributed by atoms with E-state index in [1.807, 2.05) is 11.3 Å². The zero-order valence-electron chi connectivity index (χ0n) is 12.1. The number of likely N-dealkylation sites (N-methyl/N-ethyl adjacent to an activating group) is 1. The van der Waals surface area contributed by atoms with Gasteiger partial charge in [0.05, 0.1) is 6.10 Å². The van der Waals surface area contributed by atoms with Crippen molar-refractivity contribution < 1.29 is 4.74 Å². The van der Waals surface area contributed by atoms with Gasteiger partial charge in [-0.3, -0.25) is 4.90 Å². The highest BCUT2D eigenvalue weighted by molar-refractivity contribution is 7.19. The van der Waals surface area contributed by atoms with Crippen molar-refractivity contribution in [2.45, 2.75) is 38.6 Å². The lowest BCUT2D eigenvalue weighted by Gasteiger charge is -2.26. The molecule has 1 aliphatic heterocycles. The van der Waals surface area contributed by atoms with E-state index in [4.69, 9.17) is 10.5 Å². The molecule has 2 unspecified atom stereocenters. The van der Waals surface area contributed by atoms with Crippen molar-refractivity contribution in [3.63, 3.8) is 0 Å². The predicted molar refractivity (Wildman–Crippen MR) is 85.0 cm³/mol. The van der Waals surface area contributed by atoms with Gasteiger partial charge in [-0.25, -0.2) is 0 Å². The summed E-state index contributed by atoms with van der Waals surface area (Å²) in [4.78, 5) is 3.73. The first-order chi connectivity index (χ1) is 9.70. The average Bonchev–Trinajstić information content (AvgIpc) is 3.03. The SMILES string of the molecule is CC1OCCC1N(C)Cc1c(CN)sc2ccccc12. The third-order valence-corrected chi connectivity index (χ3v) is 5.51. The summed E-state index contributed by atoms with van der Waals surface area (Å²) in [5.41, 5.74) is 7.34. The van der Waals surface area contributed by atoms with Crippen LogP contribution in [0.1, 0.15) is 23.8 Å². The Kier molecular flexibility index (Phi) is 4.08. The number of rotatable bonds is 4. The second kappa shape index (κ2) is 5.82. The Morgan fingerprint density at radius 3 is 2.90 bits per heavy atom. The van der Waals surface area contributed by atoms with Crippen molar-refractivity contribution in [3.8, 4) is 0 Å². The van der Waals surface area contributed by atoms with Gasteiger partial charge < -0.3 is 10.5 Å². The van der Waals surface area contributed by atoms with Gasteiger partial charge in [-0.2, -0.15) is 0 Å². The van der Waals surface area contributed by atoms with Crippen molar-refractivity contribution >= 4 is 21.4 Å². The molecule has 0 bridgehead atoms. The molecule has 0 amide bonds. The smallest absolute Gasteiger partial charge is 0.0703 e. The molecule has 0 aliphatic carbocycles. The molecule has 0 spiro atoms. The van der Waals surface area contributed by atoms with Crippen molar-refractivity contribution in [1.82, 2.24) is 4.90 Å². The summed E-state index contributed by atoms with van der Waals surface area (Å²) in [5.74, 6) is 0. The van der Waals surface area contributed by atoms with Gasteiger partial charge in [-0.05, 0) is 37.4 Å². The zero-order valence-corrected chi connectivity index (χ0v) is 13.0. The molecule has 0 radical (unpaired) electrons. The molecule has 3 rings (SSSR count). The van der Waals surface area contributed by atoms with E-state index < -0.39 is 0 Å². The molecule has 2 N–H and O–H groups in total. The quantitative estimate of drug-likeness (QED) is 0.941. The summed E-state index contributed by atoms with van der Waals surface area (Å²) in [5, 5.41) is 1.36. The number of ether oxygens (including phenoxy) is 1. The Hall–Kier alpha value is -0.940. The Labute approximate surface area is 124 Å². The van der Waals surface area contributed by atoms with E-state index in [1.54, 1.807) is 0 Å². The van der Waals surface area contributed by atoms with Gasteiger partial charge in [-0.1, -0.05) is 18.2 Å². The Balaban J connectivity index is 1.89. The first-order valence-electron chi connectivity index (χ1n) is 7.22. The van der Waals surface area contributed by atoms with E-state index in [9.17, 15) is 0 Å². The minimum atomic E-state index is 0.325. The van der Waals surface area contributed by atoms with Crippen LogP contribution in [0.25, 0.3) is 10.1 Å². The van der Waals surface area contributed by atoms with Crippen LogP contribution >= 0.6 is 11.3 Å². The van der Waals surface area contributed by atoms with Gasteiger partial charge in [0, 0.05) is 35.3 Å². The van der Waals surface area contributed by atoms with Gasteiger partial charge in [0.1, 0.15) is 0 Å². The summed E-state index contributed by atoms with van der Waals surface area (Å²) in [6.45, 7) is 4.63. The maximum Gasteiger partial charge on any atom is 0.0703 e. The monoisotopic (exact) mass is 290 g/mol. The molecule has 1 aliphatic rings. The number of thiophene rings is 1. The standard InChI is InChI=1S/C16H22N2OS/c1-11-14(7-8-19-11)18(2)10-13-12-5-3-4-6-15(12)20-16(13)9-17/h3-6,11,14H,7-10,17H2,1-2H3. The molecule has 3 nitrogen and oxygen atoms in total. The van der Waals surface area contributed by atoms with Gasteiger partial charge in [0.25, 0.3) is 0 Å². The molecule has 108 valence electrons. The molecule has 1 aromatic carbocycles. The van der Waals surface area contributed by atoms with Crippen molar-refractivity contribution in [3.05, 3.63) is 34.7 Å². The third-order valence-electron chi connectivity index (χ3n) is 4.28. The molecule has 1 aromatic heterocycles. The Morgan fingerprint density at radius 2 is 2.20 bits per heavy atom. The van der Waals surface area contributed by atoms with Crippen LogP contribution in [0.5, 0.6) is 0 Å². The average molecular weight is 290 g/mol. The third kappa shape index (κ3) is 2.49. The van der Waals surface area contributed by atoms with E-state index in [0.29, 0.717) is 18.7 Å². The lowest BCUT2D eigenvalue weighted by atomic mass is 10.1. The Morgan fingerprint density at radius 1 is 1.40 bits per heavy atom. The van der Waals surface area contributed by atoms with E-state index in [1.165, 1.54) is 20.5 Å². The fraction of sp³-hybridized carbons (Fsp3) is 0.500. The first-order valence-corrected chi connectivity index (χ1v) is 8.03.